The van der Waals surface area contributed by atoms with E-state index >= 15 is 9.59 Å². The first kappa shape index (κ1) is 109. The number of carboxylic acids is 1. The number of ether oxygens (including phenoxy) is 7. The van der Waals surface area contributed by atoms with Crippen molar-refractivity contribution in [1.29, 1.82) is 0 Å². The molecule has 0 aliphatic carbocycles. The zero-order chi connectivity index (χ0) is 91.9. The number of nitrogens with zero attached hydrogens (tertiary/aromatic N) is 1. The molecule has 44 nitrogen and oxygen atoms in total. The van der Waals surface area contributed by atoms with Gasteiger partial charge in [-0.3, -0.25) is 62.3 Å². The summed E-state index contributed by atoms with van der Waals surface area (Å²) in [6.07, 6.45) is -7.10. The SMILES string of the molecule is C/C=C1/NC(=O)C([C@H](C)O)NC(=O)[C@H](CCNC(=O)OCOC(=O)C(C)(C)C)NC(=O)C([C@H](O)C(=O)O)NC(=O)C(CCCCNC(=O)OCOC(=O)C(C)(C)C)NC(=O)[C@H](CC(=O)NCCN(C)C)NC(=O)C(CCNC(=O)OCOC(=O)C(C)(C)C)NC(=O)C(NC(=O)C[C@H](O)CCCCCCCCCCC)COC(=O)C([C@H](O)CCl)NC1=O. The lowest BCUT2D eigenvalue weighted by atomic mass is 9.97. The summed E-state index contributed by atoms with van der Waals surface area (Å²) in [6, 6.07) is -17.9. The molecule has 0 bridgehead atoms. The van der Waals surface area contributed by atoms with Gasteiger partial charge in [0.1, 0.15) is 54.6 Å². The number of aliphatic carboxylic acids is 1. The Kier molecular flexibility index (Phi) is 50.6. The molecule has 6 unspecified atom stereocenters. The number of alkyl carbamates (subject to hydrolysis) is 3. The van der Waals surface area contributed by atoms with Crippen LogP contribution in [0.3, 0.4) is 0 Å². The summed E-state index contributed by atoms with van der Waals surface area (Å²) in [5.41, 5.74) is -3.87. The first-order chi connectivity index (χ1) is 56.6. The lowest BCUT2D eigenvalue weighted by molar-refractivity contribution is -0.162. The molecular weight excluding hydrogens is 1620 g/mol. The van der Waals surface area contributed by atoms with E-state index in [-0.39, 0.29) is 38.9 Å². The Morgan fingerprint density at radius 2 is 0.950 bits per heavy atom. The Balaban J connectivity index is 4.57. The van der Waals surface area contributed by atoms with Gasteiger partial charge < -0.3 is 133 Å². The Labute approximate surface area is 707 Å². The number of esters is 4. The number of carboxylic acid groups (broad SMARTS) is 1. The average Bonchev–Trinajstić information content (AvgIpc) is 0.834. The number of halogens is 1. The number of aliphatic hydroxyl groups excluding tert-OH is 4. The van der Waals surface area contributed by atoms with E-state index in [4.69, 9.17) is 44.8 Å². The Morgan fingerprint density at radius 1 is 0.512 bits per heavy atom. The van der Waals surface area contributed by atoms with Crippen LogP contribution in [0.2, 0.25) is 0 Å². The first-order valence-corrected chi connectivity index (χ1v) is 40.3. The van der Waals surface area contributed by atoms with Crippen LogP contribution in [0.15, 0.2) is 11.8 Å². The molecule has 1 fully saturated rings. The fourth-order valence-corrected chi connectivity index (χ4v) is 10.6. The Morgan fingerprint density at radius 3 is 1.41 bits per heavy atom. The molecule has 688 valence electrons. The van der Waals surface area contributed by atoms with Crippen LogP contribution < -0.4 is 69.1 Å². The Bertz CT molecular complexity index is 3480. The maximum atomic E-state index is 15.1. The standard InChI is InChI=1S/C76H127ClN14O30/c1-15-17-18-19-20-21-22-23-24-27-44(93)36-53(96)82-50-39-115-67(108)55(51(94)38-77)89-58(98)45(16-2)83-64(104)54(43(3)92)88-61(101)48(30-33-81-73(114)121-42-118-70(111)76(10,11)12)86-65(105)56(57(97)66(106)107)90-60(100)46(28-25-26-31-79-71(112)119-40-116-68(109)74(4,5)6)84-62(102)49(37-52(95)78-34-35-91(13)14)87-59(99)47(85-63(50)103)29-32-80-72(113)120-41-117-69(110)75(7,8)9/h16,43-44,46-51,54-57,92-94,97H,15,17-42H2,1-14H3,(H,78,95)(H,79,112)(H,80,113)(H,81,114)(H,82,96)(H,83,104)(H,84,102)(H,85,103)(H,86,105)(H,87,99)(H,88,101)(H,89,98)(H,90,100)(H,106,107)/b45-16+/t43-,44+,46?,47?,48-,49-,50?,51+,54?,55?,56?,57-/m0/s1. The molecule has 1 rings (SSSR count). The summed E-state index contributed by atoms with van der Waals surface area (Å²) in [4.78, 5) is 250. The van der Waals surface area contributed by atoms with Crippen molar-refractivity contribution in [2.75, 3.05) is 79.7 Å². The number of nitrogens with one attached hydrogen (secondary N) is 13. The highest BCUT2D eigenvalue weighted by Crippen LogP contribution is 2.19. The van der Waals surface area contributed by atoms with Crippen LogP contribution in [0.4, 0.5) is 14.4 Å². The number of allylic oxidation sites excluding steroid dienone is 1. The van der Waals surface area contributed by atoms with E-state index in [1.807, 2.05) is 5.32 Å². The highest BCUT2D eigenvalue weighted by molar-refractivity contribution is 6.18. The van der Waals surface area contributed by atoms with Crippen LogP contribution in [0, 0.1) is 16.2 Å². The van der Waals surface area contributed by atoms with Crippen LogP contribution in [-0.4, -0.2) is 290 Å². The molecule has 0 saturated carbocycles. The highest BCUT2D eigenvalue weighted by atomic mass is 35.5. The van der Waals surface area contributed by atoms with Gasteiger partial charge in [-0.25, -0.2) is 24.0 Å². The second-order valence-electron chi connectivity index (χ2n) is 31.7. The molecule has 1 heterocycles. The largest absolute Gasteiger partial charge is 0.479 e. The van der Waals surface area contributed by atoms with E-state index < -0.39 is 280 Å². The molecule has 1 aliphatic rings. The second-order valence-corrected chi connectivity index (χ2v) is 32.0. The maximum Gasteiger partial charge on any atom is 0.410 e. The van der Waals surface area contributed by atoms with Gasteiger partial charge in [-0.2, -0.15) is 0 Å². The van der Waals surface area contributed by atoms with Gasteiger partial charge in [-0.05, 0) is 129 Å². The van der Waals surface area contributed by atoms with Gasteiger partial charge in [0.25, 0.3) is 5.91 Å². The van der Waals surface area contributed by atoms with Crippen molar-refractivity contribution >= 4 is 119 Å². The fraction of sp³-hybridized carbons (Fsp3) is 0.737. The first-order valence-electron chi connectivity index (χ1n) is 39.8. The van der Waals surface area contributed by atoms with Crippen LogP contribution in [0.25, 0.3) is 0 Å². The number of unbranched alkanes of at least 4 members (excludes halogenated alkanes) is 9. The van der Waals surface area contributed by atoms with E-state index in [0.717, 1.165) is 64.9 Å². The number of carbonyl (C=O) groups is 18. The number of carbonyl (C=O) groups excluding carboxylic acids is 17. The van der Waals surface area contributed by atoms with Crippen LogP contribution in [-0.2, 0) is 105 Å². The third-order valence-electron chi connectivity index (χ3n) is 17.6. The van der Waals surface area contributed by atoms with E-state index in [2.05, 4.69) is 70.7 Å². The molecular formula is C76H127ClN14O30. The quantitative estimate of drug-likeness (QED) is 0.00818. The lowest BCUT2D eigenvalue weighted by Crippen LogP contribution is -2.63. The third-order valence-corrected chi connectivity index (χ3v) is 17.9. The molecule has 45 heteroatoms. The molecule has 12 atom stereocenters. The van der Waals surface area contributed by atoms with Gasteiger partial charge in [-0.15, -0.1) is 11.6 Å². The van der Waals surface area contributed by atoms with Crippen molar-refractivity contribution in [3.05, 3.63) is 11.8 Å². The fourth-order valence-electron chi connectivity index (χ4n) is 10.4. The number of rotatable bonds is 40. The molecule has 0 spiro atoms. The summed E-state index contributed by atoms with van der Waals surface area (Å²) in [6.45, 7) is 12.3. The van der Waals surface area contributed by atoms with E-state index in [1.165, 1.54) is 62.3 Å². The predicted molar refractivity (Wildman–Crippen MR) is 427 cm³/mol. The average molecular weight is 1750 g/mol. The van der Waals surface area contributed by atoms with Crippen molar-refractivity contribution in [1.82, 2.24) is 74.0 Å². The molecule has 0 aromatic rings. The molecule has 18 N–H and O–H groups in total. The molecule has 13 amide bonds. The minimum atomic E-state index is -3.00. The second kappa shape index (κ2) is 56.3. The molecule has 1 aliphatic heterocycles. The zero-order valence-electron chi connectivity index (χ0n) is 71.4. The predicted octanol–water partition coefficient (Wildman–Crippen LogP) is -1.62. The zero-order valence-corrected chi connectivity index (χ0v) is 72.1. The van der Waals surface area contributed by atoms with Crippen molar-refractivity contribution < 1.29 is 145 Å². The minimum absolute atomic E-state index is 0.100. The smallest absolute Gasteiger partial charge is 0.410 e. The number of hydrogen-bond donors (Lipinski definition) is 18. The molecule has 0 aromatic heterocycles. The van der Waals surface area contributed by atoms with Crippen LogP contribution in [0.1, 0.15) is 192 Å². The van der Waals surface area contributed by atoms with Crippen molar-refractivity contribution in [2.24, 2.45) is 16.2 Å². The number of hydrogen-bond acceptors (Lipinski definition) is 30. The van der Waals surface area contributed by atoms with Gasteiger partial charge in [0.15, 0.2) is 12.1 Å². The van der Waals surface area contributed by atoms with Gasteiger partial charge in [-0.1, -0.05) is 70.8 Å². The van der Waals surface area contributed by atoms with E-state index in [9.17, 15) is 102 Å². The Hall–Kier alpha value is -10.3. The minimum Gasteiger partial charge on any atom is -0.479 e. The summed E-state index contributed by atoms with van der Waals surface area (Å²) >= 11 is 6.03. The number of cyclic esters (lactones) is 1. The summed E-state index contributed by atoms with van der Waals surface area (Å²) in [5, 5.41) is 84.0. The van der Waals surface area contributed by atoms with Crippen LogP contribution >= 0.6 is 11.6 Å². The van der Waals surface area contributed by atoms with Gasteiger partial charge >= 0.3 is 48.1 Å². The maximum absolute atomic E-state index is 15.1. The number of amides is 13. The van der Waals surface area contributed by atoms with Crippen molar-refractivity contribution in [2.45, 2.75) is 265 Å². The summed E-state index contributed by atoms with van der Waals surface area (Å²) < 4.78 is 35.1. The normalized spacial score (nSPS) is 20.6. The van der Waals surface area contributed by atoms with Crippen molar-refractivity contribution in [3.8, 4) is 0 Å². The highest BCUT2D eigenvalue weighted by Gasteiger charge is 2.41. The summed E-state index contributed by atoms with van der Waals surface area (Å²) in [5.74, 6) is -21.0. The summed E-state index contributed by atoms with van der Waals surface area (Å²) in [7, 11) is 3.29. The monoisotopic (exact) mass is 1750 g/mol. The topological polar surface area (TPSA) is 633 Å². The molecule has 121 heavy (non-hydrogen) atoms. The van der Waals surface area contributed by atoms with Gasteiger partial charge in [0.05, 0.1) is 53.3 Å². The van der Waals surface area contributed by atoms with Gasteiger partial charge in [0, 0.05) is 32.7 Å². The van der Waals surface area contributed by atoms with Crippen LogP contribution in [0.5, 0.6) is 0 Å². The van der Waals surface area contributed by atoms with E-state index in [0.29, 0.717) is 12.8 Å². The number of likely N-dealkylation sites (N-methyl/N-ethyl adjacent to an activating group) is 1. The molecule has 1 saturated heterocycles. The third kappa shape index (κ3) is 45.2. The molecule has 0 radical (unpaired) electrons. The van der Waals surface area contributed by atoms with Gasteiger partial charge in [0.2, 0.25) is 73.5 Å². The van der Waals surface area contributed by atoms with E-state index in [1.54, 1.807) is 19.0 Å². The number of alkyl halides is 1. The lowest BCUT2D eigenvalue weighted by Gasteiger charge is -2.29. The molecule has 0 aromatic carbocycles. The van der Waals surface area contributed by atoms with Crippen molar-refractivity contribution in [3.63, 3.8) is 0 Å². The number of aliphatic hydroxyl groups is 4.